The molecule has 4 nitrogen and oxygen atoms in total. The fourth-order valence-corrected chi connectivity index (χ4v) is 4.48. The van der Waals surface area contributed by atoms with Crippen LogP contribution < -0.4 is 4.74 Å². The van der Waals surface area contributed by atoms with Crippen molar-refractivity contribution in [1.82, 2.24) is 4.31 Å². The molecular formula is C14H20ClNO3S. The molecule has 1 aromatic rings. The van der Waals surface area contributed by atoms with E-state index in [9.17, 15) is 8.42 Å². The number of methoxy groups -OCH3 is 1. The Labute approximate surface area is 125 Å². The van der Waals surface area contributed by atoms with Crippen LogP contribution in [0.4, 0.5) is 0 Å². The van der Waals surface area contributed by atoms with E-state index in [1.165, 1.54) is 0 Å². The lowest BCUT2D eigenvalue weighted by Crippen LogP contribution is -2.33. The van der Waals surface area contributed by atoms with E-state index in [4.69, 9.17) is 16.3 Å². The average Bonchev–Trinajstić information content (AvgIpc) is 3.24. The summed E-state index contributed by atoms with van der Waals surface area (Å²) in [4.78, 5) is 0.354. The van der Waals surface area contributed by atoms with Gasteiger partial charge in [0.15, 0.2) is 0 Å². The van der Waals surface area contributed by atoms with Crippen LogP contribution in [0.2, 0.25) is 0 Å². The predicted octanol–water partition coefficient (Wildman–Crippen LogP) is 2.65. The Morgan fingerprint density at radius 1 is 1.40 bits per heavy atom. The molecule has 1 saturated carbocycles. The number of alkyl halides is 1. The fraction of sp³-hybridized carbons (Fsp3) is 0.571. The van der Waals surface area contributed by atoms with E-state index in [-0.39, 0.29) is 6.04 Å². The lowest BCUT2D eigenvalue weighted by Gasteiger charge is -2.22. The van der Waals surface area contributed by atoms with Gasteiger partial charge in [0, 0.05) is 18.5 Å². The van der Waals surface area contributed by atoms with Crippen molar-refractivity contribution in [3.05, 3.63) is 23.8 Å². The first kappa shape index (κ1) is 15.6. The number of aryl methyl sites for hydroxylation is 1. The van der Waals surface area contributed by atoms with Crippen molar-refractivity contribution in [2.24, 2.45) is 0 Å². The number of sulfonamides is 1. The molecule has 112 valence electrons. The zero-order valence-corrected chi connectivity index (χ0v) is 13.4. The van der Waals surface area contributed by atoms with Gasteiger partial charge in [0.2, 0.25) is 10.0 Å². The van der Waals surface area contributed by atoms with Crippen LogP contribution in [-0.2, 0) is 16.4 Å². The first-order valence-electron chi connectivity index (χ1n) is 6.79. The molecule has 0 aromatic heterocycles. The van der Waals surface area contributed by atoms with Gasteiger partial charge >= 0.3 is 0 Å². The summed E-state index contributed by atoms with van der Waals surface area (Å²) in [5.41, 5.74) is 0.721. The summed E-state index contributed by atoms with van der Waals surface area (Å²) in [6.45, 7) is 2.37. The molecule has 6 heteroatoms. The molecule has 1 aliphatic rings. The van der Waals surface area contributed by atoms with E-state index < -0.39 is 10.0 Å². The van der Waals surface area contributed by atoms with Crippen LogP contribution in [0.5, 0.6) is 5.75 Å². The van der Waals surface area contributed by atoms with Crippen molar-refractivity contribution >= 4 is 21.6 Å². The second-order valence-electron chi connectivity index (χ2n) is 4.85. The van der Waals surface area contributed by atoms with Crippen LogP contribution >= 0.6 is 11.6 Å². The third-order valence-corrected chi connectivity index (χ3v) is 5.80. The van der Waals surface area contributed by atoms with Gasteiger partial charge in [0.05, 0.1) is 12.0 Å². The Morgan fingerprint density at radius 3 is 2.60 bits per heavy atom. The molecule has 1 aromatic carbocycles. The maximum absolute atomic E-state index is 12.8. The summed E-state index contributed by atoms with van der Waals surface area (Å²) in [5, 5.41) is 0. The highest BCUT2D eigenvalue weighted by atomic mass is 35.5. The van der Waals surface area contributed by atoms with Gasteiger partial charge in [-0.15, -0.1) is 11.6 Å². The summed E-state index contributed by atoms with van der Waals surface area (Å²) in [5.74, 6) is 1.03. The number of hydrogen-bond acceptors (Lipinski definition) is 3. The molecule has 2 rings (SSSR count). The topological polar surface area (TPSA) is 46.6 Å². The van der Waals surface area contributed by atoms with Crippen LogP contribution in [0.25, 0.3) is 0 Å². The monoisotopic (exact) mass is 317 g/mol. The largest absolute Gasteiger partial charge is 0.497 e. The normalized spacial score (nSPS) is 15.6. The van der Waals surface area contributed by atoms with Crippen LogP contribution in [0.1, 0.15) is 25.3 Å². The maximum atomic E-state index is 12.8. The summed E-state index contributed by atoms with van der Waals surface area (Å²) < 4.78 is 32.3. The Kier molecular flexibility index (Phi) is 4.94. The second-order valence-corrected chi connectivity index (χ2v) is 7.09. The van der Waals surface area contributed by atoms with Crippen LogP contribution in [0, 0.1) is 0 Å². The number of nitrogens with zero attached hydrogens (tertiary/aromatic N) is 1. The highest BCUT2D eigenvalue weighted by Gasteiger charge is 2.37. The van der Waals surface area contributed by atoms with Crippen molar-refractivity contribution in [3.63, 3.8) is 0 Å². The molecule has 0 amide bonds. The number of ether oxygens (including phenoxy) is 1. The SMILES string of the molecule is CCN(C1CC1)S(=O)(=O)c1ccc(OC)cc1CCCl. The molecule has 0 atom stereocenters. The van der Waals surface area contributed by atoms with Crippen molar-refractivity contribution < 1.29 is 13.2 Å². The number of rotatable bonds is 7. The van der Waals surface area contributed by atoms with Gasteiger partial charge < -0.3 is 4.74 Å². The van der Waals surface area contributed by atoms with E-state index in [2.05, 4.69) is 0 Å². The summed E-state index contributed by atoms with van der Waals surface area (Å²) in [6, 6.07) is 5.23. The van der Waals surface area contributed by atoms with E-state index in [1.54, 1.807) is 29.6 Å². The molecule has 0 bridgehead atoms. The van der Waals surface area contributed by atoms with Gasteiger partial charge in [-0.3, -0.25) is 0 Å². The van der Waals surface area contributed by atoms with Crippen molar-refractivity contribution in [2.75, 3.05) is 19.5 Å². The molecule has 0 radical (unpaired) electrons. The van der Waals surface area contributed by atoms with Crippen molar-refractivity contribution in [2.45, 2.75) is 37.1 Å². The quantitative estimate of drug-likeness (QED) is 0.726. The van der Waals surface area contributed by atoms with Crippen LogP contribution in [0.3, 0.4) is 0 Å². The first-order chi connectivity index (χ1) is 9.54. The third-order valence-electron chi connectivity index (χ3n) is 3.48. The minimum atomic E-state index is -3.45. The minimum absolute atomic E-state index is 0.163. The van der Waals surface area contributed by atoms with Crippen molar-refractivity contribution in [1.29, 1.82) is 0 Å². The first-order valence-corrected chi connectivity index (χ1v) is 8.76. The predicted molar refractivity (Wildman–Crippen MR) is 80.0 cm³/mol. The van der Waals surface area contributed by atoms with Crippen LogP contribution in [-0.4, -0.2) is 38.3 Å². The molecule has 0 spiro atoms. The molecule has 0 unspecified atom stereocenters. The zero-order chi connectivity index (χ0) is 14.8. The highest BCUT2D eigenvalue weighted by Crippen LogP contribution is 2.33. The van der Waals surface area contributed by atoms with Gasteiger partial charge in [-0.1, -0.05) is 6.92 Å². The molecule has 0 saturated heterocycles. The van der Waals surface area contributed by atoms with Gasteiger partial charge in [-0.2, -0.15) is 4.31 Å². The van der Waals surface area contributed by atoms with Gasteiger partial charge in [0.1, 0.15) is 5.75 Å². The van der Waals surface area contributed by atoms with Crippen LogP contribution in [0.15, 0.2) is 23.1 Å². The summed E-state index contributed by atoms with van der Waals surface area (Å²) >= 11 is 5.79. The third kappa shape index (κ3) is 3.10. The smallest absolute Gasteiger partial charge is 0.243 e. The number of halogens is 1. The van der Waals surface area contributed by atoms with E-state index in [1.807, 2.05) is 6.92 Å². The number of benzene rings is 1. The van der Waals surface area contributed by atoms with E-state index in [0.29, 0.717) is 29.5 Å². The van der Waals surface area contributed by atoms with Crippen molar-refractivity contribution in [3.8, 4) is 5.75 Å². The summed E-state index contributed by atoms with van der Waals surface area (Å²) in [7, 11) is -1.88. The molecule has 1 aliphatic carbocycles. The Bertz CT molecular complexity index is 570. The molecule has 1 fully saturated rings. The molecular weight excluding hydrogens is 298 g/mol. The Morgan fingerprint density at radius 2 is 2.10 bits per heavy atom. The van der Waals surface area contributed by atoms with E-state index in [0.717, 1.165) is 18.4 Å². The zero-order valence-electron chi connectivity index (χ0n) is 11.8. The Hall–Kier alpha value is -0.780. The maximum Gasteiger partial charge on any atom is 0.243 e. The highest BCUT2D eigenvalue weighted by molar-refractivity contribution is 7.89. The number of hydrogen-bond donors (Lipinski definition) is 0. The van der Waals surface area contributed by atoms with Gasteiger partial charge in [0.25, 0.3) is 0 Å². The van der Waals surface area contributed by atoms with E-state index >= 15 is 0 Å². The molecule has 0 aliphatic heterocycles. The molecule has 20 heavy (non-hydrogen) atoms. The lowest BCUT2D eigenvalue weighted by atomic mass is 10.1. The molecule has 0 heterocycles. The second kappa shape index (κ2) is 6.33. The van der Waals surface area contributed by atoms with Gasteiger partial charge in [-0.25, -0.2) is 8.42 Å². The molecule has 0 N–H and O–H groups in total. The van der Waals surface area contributed by atoms with Gasteiger partial charge in [-0.05, 0) is 43.0 Å². The lowest BCUT2D eigenvalue weighted by molar-refractivity contribution is 0.412. The summed E-state index contributed by atoms with van der Waals surface area (Å²) in [6.07, 6.45) is 2.41. The fourth-order valence-electron chi connectivity index (χ4n) is 2.34. The average molecular weight is 318 g/mol. The Balaban J connectivity index is 2.44. The minimum Gasteiger partial charge on any atom is -0.497 e. The standard InChI is InChI=1S/C14H20ClNO3S/c1-3-16(12-4-5-12)20(17,18)14-7-6-13(19-2)10-11(14)8-9-15/h6-7,10,12H,3-5,8-9H2,1-2H3.